The maximum absolute atomic E-state index is 11.3. The van der Waals surface area contributed by atoms with Gasteiger partial charge >= 0.3 is 0 Å². The number of fused-ring (bicyclic) bond motifs is 1. The molecular formula is C7H10N4O. The van der Waals surface area contributed by atoms with Gasteiger partial charge in [-0.2, -0.15) is 0 Å². The Balaban J connectivity index is 2.62. The molecule has 3 N–H and O–H groups in total. The van der Waals surface area contributed by atoms with E-state index in [-0.39, 0.29) is 11.2 Å². The molecule has 1 aliphatic heterocycles. The van der Waals surface area contributed by atoms with Crippen LogP contribution >= 0.6 is 0 Å². The standard InChI is InChI=1S/C7H10N4O/c8-5-4-9-6-2-1-3-10-11(6)7(5)12/h4,10H,1-3,8H2. The third-order valence-electron chi connectivity index (χ3n) is 1.91. The van der Waals surface area contributed by atoms with Gasteiger partial charge in [0.1, 0.15) is 11.5 Å². The van der Waals surface area contributed by atoms with Crippen LogP contribution in [0.2, 0.25) is 0 Å². The highest BCUT2D eigenvalue weighted by atomic mass is 16.1. The Kier molecular flexibility index (Phi) is 1.49. The van der Waals surface area contributed by atoms with Crippen molar-refractivity contribution in [3.8, 4) is 0 Å². The fraction of sp³-hybridized carbons (Fsp3) is 0.429. The zero-order valence-corrected chi connectivity index (χ0v) is 6.58. The van der Waals surface area contributed by atoms with E-state index in [1.54, 1.807) is 0 Å². The van der Waals surface area contributed by atoms with E-state index in [4.69, 9.17) is 5.73 Å². The predicted molar refractivity (Wildman–Crippen MR) is 45.5 cm³/mol. The lowest BCUT2D eigenvalue weighted by Gasteiger charge is -2.18. The Morgan fingerprint density at radius 1 is 1.67 bits per heavy atom. The van der Waals surface area contributed by atoms with Gasteiger partial charge < -0.3 is 11.2 Å². The summed E-state index contributed by atoms with van der Waals surface area (Å²) in [6.07, 6.45) is 3.26. The van der Waals surface area contributed by atoms with Crippen molar-refractivity contribution in [2.24, 2.45) is 0 Å². The van der Waals surface area contributed by atoms with E-state index in [0.717, 1.165) is 25.2 Å². The summed E-state index contributed by atoms with van der Waals surface area (Å²) in [6.45, 7) is 0.804. The number of nitrogens with one attached hydrogen (secondary N) is 1. The van der Waals surface area contributed by atoms with Gasteiger partial charge in [-0.3, -0.25) is 4.79 Å². The molecule has 0 saturated carbocycles. The second-order valence-corrected chi connectivity index (χ2v) is 2.78. The molecule has 2 rings (SSSR count). The smallest absolute Gasteiger partial charge is 0.295 e. The summed E-state index contributed by atoms with van der Waals surface area (Å²) in [7, 11) is 0. The number of nitrogen functional groups attached to an aromatic ring is 1. The molecule has 1 aromatic heterocycles. The lowest BCUT2D eigenvalue weighted by molar-refractivity contribution is 0.614. The predicted octanol–water partition coefficient (Wildman–Crippen LogP) is -0.685. The minimum atomic E-state index is -0.195. The molecule has 0 saturated heterocycles. The Morgan fingerprint density at radius 3 is 3.33 bits per heavy atom. The fourth-order valence-electron chi connectivity index (χ4n) is 1.28. The lowest BCUT2D eigenvalue weighted by atomic mass is 10.2. The highest BCUT2D eigenvalue weighted by Gasteiger charge is 2.11. The van der Waals surface area contributed by atoms with E-state index in [9.17, 15) is 4.79 Å². The van der Waals surface area contributed by atoms with Gasteiger partial charge in [0, 0.05) is 13.0 Å². The zero-order valence-electron chi connectivity index (χ0n) is 6.58. The Labute approximate surface area is 69.2 Å². The van der Waals surface area contributed by atoms with Crippen molar-refractivity contribution in [2.45, 2.75) is 12.8 Å². The number of aromatic nitrogens is 2. The fourth-order valence-corrected chi connectivity index (χ4v) is 1.28. The molecule has 5 heteroatoms. The molecule has 2 heterocycles. The Morgan fingerprint density at radius 2 is 2.50 bits per heavy atom. The molecule has 0 atom stereocenters. The van der Waals surface area contributed by atoms with Crippen LogP contribution in [0.5, 0.6) is 0 Å². The van der Waals surface area contributed by atoms with Crippen molar-refractivity contribution < 1.29 is 0 Å². The molecule has 1 aromatic rings. The molecule has 0 aliphatic carbocycles. The molecule has 0 amide bonds. The van der Waals surface area contributed by atoms with Crippen LogP contribution in [0, 0.1) is 0 Å². The van der Waals surface area contributed by atoms with Crippen molar-refractivity contribution in [3.05, 3.63) is 22.4 Å². The van der Waals surface area contributed by atoms with E-state index >= 15 is 0 Å². The third kappa shape index (κ3) is 0.939. The maximum atomic E-state index is 11.3. The van der Waals surface area contributed by atoms with Crippen LogP contribution in [0.3, 0.4) is 0 Å². The van der Waals surface area contributed by atoms with Gasteiger partial charge in [-0.15, -0.1) is 0 Å². The maximum Gasteiger partial charge on any atom is 0.295 e. The van der Waals surface area contributed by atoms with Crippen molar-refractivity contribution in [3.63, 3.8) is 0 Å². The molecular weight excluding hydrogens is 156 g/mol. The molecule has 12 heavy (non-hydrogen) atoms. The number of nitrogens with zero attached hydrogens (tertiary/aromatic N) is 2. The largest absolute Gasteiger partial charge is 0.393 e. The van der Waals surface area contributed by atoms with Gasteiger partial charge in [-0.05, 0) is 6.42 Å². The SMILES string of the molecule is Nc1cnc2n(c1=O)NCCC2. The van der Waals surface area contributed by atoms with Crippen molar-refractivity contribution in [2.75, 3.05) is 17.7 Å². The first-order valence-electron chi connectivity index (χ1n) is 3.89. The second-order valence-electron chi connectivity index (χ2n) is 2.78. The Hall–Kier alpha value is -1.52. The third-order valence-corrected chi connectivity index (χ3v) is 1.91. The molecule has 0 fully saturated rings. The molecule has 0 spiro atoms. The molecule has 0 radical (unpaired) electrons. The summed E-state index contributed by atoms with van der Waals surface area (Å²) >= 11 is 0. The van der Waals surface area contributed by atoms with Crippen LogP contribution in [0.1, 0.15) is 12.2 Å². The molecule has 0 unspecified atom stereocenters. The Bertz CT molecular complexity index is 357. The average molecular weight is 166 g/mol. The van der Waals surface area contributed by atoms with Crippen LogP contribution in [0.4, 0.5) is 5.69 Å². The monoisotopic (exact) mass is 166 g/mol. The number of hydrogen-bond donors (Lipinski definition) is 2. The van der Waals surface area contributed by atoms with Crippen molar-refractivity contribution in [1.29, 1.82) is 0 Å². The van der Waals surface area contributed by atoms with Gasteiger partial charge in [-0.1, -0.05) is 0 Å². The summed E-state index contributed by atoms with van der Waals surface area (Å²) in [6, 6.07) is 0. The van der Waals surface area contributed by atoms with Gasteiger partial charge in [-0.25, -0.2) is 9.66 Å². The number of rotatable bonds is 0. The number of hydrogen-bond acceptors (Lipinski definition) is 4. The summed E-state index contributed by atoms with van der Waals surface area (Å²) in [4.78, 5) is 15.4. The highest BCUT2D eigenvalue weighted by molar-refractivity contribution is 5.32. The summed E-state index contributed by atoms with van der Waals surface area (Å²) < 4.78 is 1.43. The first kappa shape index (κ1) is 7.15. The van der Waals surface area contributed by atoms with E-state index in [1.807, 2.05) is 0 Å². The van der Waals surface area contributed by atoms with Crippen LogP contribution in [-0.2, 0) is 6.42 Å². The van der Waals surface area contributed by atoms with E-state index in [2.05, 4.69) is 10.4 Å². The summed E-state index contributed by atoms with van der Waals surface area (Å²) in [5, 5.41) is 0. The molecule has 1 aliphatic rings. The highest BCUT2D eigenvalue weighted by Crippen LogP contribution is 2.02. The minimum absolute atomic E-state index is 0.188. The first-order chi connectivity index (χ1) is 5.79. The van der Waals surface area contributed by atoms with Gasteiger partial charge in [0.2, 0.25) is 0 Å². The lowest BCUT2D eigenvalue weighted by Crippen LogP contribution is -2.37. The van der Waals surface area contributed by atoms with Gasteiger partial charge in [0.15, 0.2) is 0 Å². The average Bonchev–Trinajstić information content (AvgIpc) is 2.12. The van der Waals surface area contributed by atoms with Gasteiger partial charge in [0.05, 0.1) is 6.20 Å². The van der Waals surface area contributed by atoms with Crippen LogP contribution in [0.15, 0.2) is 11.0 Å². The van der Waals surface area contributed by atoms with Crippen LogP contribution < -0.4 is 16.7 Å². The normalized spacial score (nSPS) is 15.0. The van der Waals surface area contributed by atoms with E-state index in [1.165, 1.54) is 10.9 Å². The summed E-state index contributed by atoms with van der Waals surface area (Å²) in [5.41, 5.74) is 8.33. The van der Waals surface area contributed by atoms with E-state index < -0.39 is 0 Å². The van der Waals surface area contributed by atoms with E-state index in [0.29, 0.717) is 0 Å². The van der Waals surface area contributed by atoms with Crippen LogP contribution in [0.25, 0.3) is 0 Å². The number of nitrogens with two attached hydrogens (primary N) is 1. The first-order valence-corrected chi connectivity index (χ1v) is 3.89. The van der Waals surface area contributed by atoms with Crippen molar-refractivity contribution in [1.82, 2.24) is 9.66 Å². The molecule has 0 aromatic carbocycles. The molecule has 0 bridgehead atoms. The second kappa shape index (κ2) is 2.51. The topological polar surface area (TPSA) is 72.9 Å². The quantitative estimate of drug-likeness (QED) is 0.535. The van der Waals surface area contributed by atoms with Crippen molar-refractivity contribution >= 4 is 5.69 Å². The minimum Gasteiger partial charge on any atom is -0.393 e. The van der Waals surface area contributed by atoms with Gasteiger partial charge in [0.25, 0.3) is 5.56 Å². The zero-order chi connectivity index (χ0) is 8.55. The van der Waals surface area contributed by atoms with Crippen LogP contribution in [-0.4, -0.2) is 16.2 Å². The molecule has 5 nitrogen and oxygen atoms in total. The number of anilines is 1. The number of aryl methyl sites for hydroxylation is 1. The molecule has 64 valence electrons. The summed E-state index contributed by atoms with van der Waals surface area (Å²) in [5.74, 6) is 0.764.